The van der Waals surface area contributed by atoms with Crippen molar-refractivity contribution in [3.05, 3.63) is 24.3 Å². The van der Waals surface area contributed by atoms with Crippen LogP contribution in [0.25, 0.3) is 0 Å². The number of benzene rings is 1. The smallest absolute Gasteiger partial charge is 0.427 e. The van der Waals surface area contributed by atoms with Crippen molar-refractivity contribution in [1.82, 2.24) is 0 Å². The molecule has 6 heteroatoms. The molecule has 0 unspecified atom stereocenters. The van der Waals surface area contributed by atoms with Crippen molar-refractivity contribution in [3.8, 4) is 5.75 Å². The predicted molar refractivity (Wildman–Crippen MR) is 53.3 cm³/mol. The second-order valence-corrected chi connectivity index (χ2v) is 3.92. The fourth-order valence-corrected chi connectivity index (χ4v) is 1.45. The molecular formula is C8H12NO4P. The van der Waals surface area contributed by atoms with Crippen molar-refractivity contribution < 1.29 is 19.1 Å². The topological polar surface area (TPSA) is 78.8 Å². The monoisotopic (exact) mass is 217 g/mol. The molecule has 14 heavy (non-hydrogen) atoms. The van der Waals surface area contributed by atoms with Gasteiger partial charge in [-0.1, -0.05) is 0 Å². The molecule has 0 bridgehead atoms. The summed E-state index contributed by atoms with van der Waals surface area (Å²) in [7, 11) is -4.21. The van der Waals surface area contributed by atoms with Crippen LogP contribution >= 0.6 is 7.75 Å². The number of ether oxygens (including phenoxy) is 1. The Morgan fingerprint density at radius 3 is 2.36 bits per heavy atom. The minimum Gasteiger partial charge on any atom is -0.494 e. The van der Waals surface area contributed by atoms with Gasteiger partial charge in [0.2, 0.25) is 0 Å². The van der Waals surface area contributed by atoms with Gasteiger partial charge in [0, 0.05) is 5.69 Å². The van der Waals surface area contributed by atoms with E-state index in [4.69, 9.17) is 14.5 Å². The number of rotatable bonds is 4. The summed E-state index contributed by atoms with van der Waals surface area (Å²) >= 11 is 0. The molecular weight excluding hydrogens is 205 g/mol. The third-order valence-electron chi connectivity index (χ3n) is 1.44. The molecule has 1 aromatic rings. The first-order valence-electron chi connectivity index (χ1n) is 4.08. The Balaban J connectivity index is 2.69. The molecule has 0 aromatic heterocycles. The van der Waals surface area contributed by atoms with Crippen LogP contribution in [-0.4, -0.2) is 16.4 Å². The van der Waals surface area contributed by atoms with Gasteiger partial charge in [0.25, 0.3) is 0 Å². The van der Waals surface area contributed by atoms with Gasteiger partial charge >= 0.3 is 7.75 Å². The lowest BCUT2D eigenvalue weighted by molar-refractivity contribution is 0.340. The Morgan fingerprint density at radius 1 is 1.36 bits per heavy atom. The van der Waals surface area contributed by atoms with Crippen LogP contribution in [0.4, 0.5) is 5.69 Å². The number of nitrogens with one attached hydrogen (secondary N) is 1. The average molecular weight is 217 g/mol. The molecule has 0 aliphatic rings. The summed E-state index contributed by atoms with van der Waals surface area (Å²) < 4.78 is 15.7. The minimum absolute atomic E-state index is 0.363. The van der Waals surface area contributed by atoms with Crippen LogP contribution in [0.1, 0.15) is 6.92 Å². The molecule has 0 aliphatic heterocycles. The first kappa shape index (κ1) is 11.0. The molecule has 0 saturated carbocycles. The second kappa shape index (κ2) is 4.46. The van der Waals surface area contributed by atoms with Gasteiger partial charge in [-0.2, -0.15) is 0 Å². The lowest BCUT2D eigenvalue weighted by atomic mass is 10.3. The Kier molecular flexibility index (Phi) is 3.52. The highest BCUT2D eigenvalue weighted by molar-refractivity contribution is 7.53. The predicted octanol–water partition coefficient (Wildman–Crippen LogP) is 1.59. The SMILES string of the molecule is CCOc1ccc(NP(=O)(O)O)cc1. The van der Waals surface area contributed by atoms with Crippen LogP contribution < -0.4 is 9.82 Å². The quantitative estimate of drug-likeness (QED) is 0.667. The zero-order chi connectivity index (χ0) is 10.6. The van der Waals surface area contributed by atoms with Crippen molar-refractivity contribution in [3.63, 3.8) is 0 Å². The highest BCUT2D eigenvalue weighted by atomic mass is 31.2. The van der Waals surface area contributed by atoms with Crippen LogP contribution in [0.3, 0.4) is 0 Å². The summed E-state index contributed by atoms with van der Waals surface area (Å²) in [5, 5.41) is 2.06. The zero-order valence-corrected chi connectivity index (χ0v) is 8.57. The summed E-state index contributed by atoms with van der Waals surface area (Å²) in [6, 6.07) is 6.37. The third-order valence-corrected chi connectivity index (χ3v) is 1.99. The van der Waals surface area contributed by atoms with Crippen LogP contribution in [0, 0.1) is 0 Å². The van der Waals surface area contributed by atoms with Gasteiger partial charge in [0.1, 0.15) is 5.75 Å². The highest BCUT2D eigenvalue weighted by Gasteiger charge is 2.11. The van der Waals surface area contributed by atoms with E-state index in [0.29, 0.717) is 18.0 Å². The lowest BCUT2D eigenvalue weighted by Gasteiger charge is -2.08. The van der Waals surface area contributed by atoms with E-state index in [1.165, 1.54) is 0 Å². The van der Waals surface area contributed by atoms with Crippen LogP contribution in [0.5, 0.6) is 5.75 Å². The number of hydrogen-bond donors (Lipinski definition) is 3. The van der Waals surface area contributed by atoms with E-state index in [2.05, 4.69) is 5.09 Å². The normalized spacial score (nSPS) is 11.1. The molecule has 0 spiro atoms. The molecule has 1 rings (SSSR count). The van der Waals surface area contributed by atoms with Gasteiger partial charge < -0.3 is 14.5 Å². The van der Waals surface area contributed by atoms with Gasteiger partial charge in [-0.3, -0.25) is 5.09 Å². The van der Waals surface area contributed by atoms with E-state index in [9.17, 15) is 4.57 Å². The first-order valence-corrected chi connectivity index (χ1v) is 5.69. The van der Waals surface area contributed by atoms with E-state index in [1.54, 1.807) is 24.3 Å². The molecule has 5 nitrogen and oxygen atoms in total. The molecule has 0 heterocycles. The van der Waals surface area contributed by atoms with Gasteiger partial charge in [-0.05, 0) is 31.2 Å². The standard InChI is InChI=1S/C8H12NO4P/c1-2-13-8-5-3-7(4-6-8)9-14(10,11)12/h3-6H,2H2,1H3,(H3,9,10,11,12). The van der Waals surface area contributed by atoms with Crippen molar-refractivity contribution in [2.45, 2.75) is 6.92 Å². The van der Waals surface area contributed by atoms with E-state index < -0.39 is 7.75 Å². The lowest BCUT2D eigenvalue weighted by Crippen LogP contribution is -1.95. The summed E-state index contributed by atoms with van der Waals surface area (Å²) in [4.78, 5) is 17.2. The molecule has 0 fully saturated rings. The highest BCUT2D eigenvalue weighted by Crippen LogP contribution is 2.35. The fourth-order valence-electron chi connectivity index (χ4n) is 0.961. The fraction of sp³-hybridized carbons (Fsp3) is 0.250. The Hall–Kier alpha value is -1.03. The molecule has 78 valence electrons. The Morgan fingerprint density at radius 2 is 1.93 bits per heavy atom. The molecule has 3 N–H and O–H groups in total. The van der Waals surface area contributed by atoms with Crippen molar-refractivity contribution in [2.75, 3.05) is 11.7 Å². The van der Waals surface area contributed by atoms with Gasteiger partial charge in [0.05, 0.1) is 6.61 Å². The second-order valence-electron chi connectivity index (χ2n) is 2.61. The Labute approximate surface area is 81.9 Å². The van der Waals surface area contributed by atoms with Crippen molar-refractivity contribution in [2.24, 2.45) is 0 Å². The average Bonchev–Trinajstić information content (AvgIpc) is 2.06. The number of anilines is 1. The van der Waals surface area contributed by atoms with E-state index in [1.807, 2.05) is 6.92 Å². The van der Waals surface area contributed by atoms with Crippen LogP contribution in [0.2, 0.25) is 0 Å². The maximum Gasteiger partial charge on any atom is 0.427 e. The molecule has 0 amide bonds. The van der Waals surface area contributed by atoms with E-state index in [-0.39, 0.29) is 0 Å². The summed E-state index contributed by atoms with van der Waals surface area (Å²) in [5.41, 5.74) is 0.363. The summed E-state index contributed by atoms with van der Waals surface area (Å²) in [6.07, 6.45) is 0. The summed E-state index contributed by atoms with van der Waals surface area (Å²) in [6.45, 7) is 2.42. The van der Waals surface area contributed by atoms with E-state index >= 15 is 0 Å². The minimum atomic E-state index is -4.21. The first-order chi connectivity index (χ1) is 6.51. The van der Waals surface area contributed by atoms with Gasteiger partial charge in [0.15, 0.2) is 0 Å². The van der Waals surface area contributed by atoms with Gasteiger partial charge in [-0.25, -0.2) is 4.57 Å². The molecule has 0 atom stereocenters. The summed E-state index contributed by atoms with van der Waals surface area (Å²) in [5.74, 6) is 0.670. The molecule has 0 saturated heterocycles. The maximum absolute atomic E-state index is 10.6. The van der Waals surface area contributed by atoms with Crippen LogP contribution in [-0.2, 0) is 4.57 Å². The Bertz CT molecular complexity index is 332. The van der Waals surface area contributed by atoms with Crippen LogP contribution in [0.15, 0.2) is 24.3 Å². The molecule has 0 aliphatic carbocycles. The molecule has 1 aromatic carbocycles. The largest absolute Gasteiger partial charge is 0.494 e. The van der Waals surface area contributed by atoms with Crippen molar-refractivity contribution >= 4 is 13.4 Å². The zero-order valence-electron chi connectivity index (χ0n) is 7.67. The third kappa shape index (κ3) is 3.79. The van der Waals surface area contributed by atoms with Crippen molar-refractivity contribution in [1.29, 1.82) is 0 Å². The number of hydrogen-bond acceptors (Lipinski definition) is 2. The molecule has 0 radical (unpaired) electrons. The van der Waals surface area contributed by atoms with Gasteiger partial charge in [-0.15, -0.1) is 0 Å². The maximum atomic E-state index is 10.6. The van der Waals surface area contributed by atoms with E-state index in [0.717, 1.165) is 0 Å².